The fourth-order valence-corrected chi connectivity index (χ4v) is 8.31. The number of aliphatic hydroxyl groups excluding tert-OH is 17. The third-order valence-electron chi connectivity index (χ3n) is 13.3. The molecule has 5 fully saturated rings. The van der Waals surface area contributed by atoms with Crippen LogP contribution in [0.15, 0.2) is 83.1 Å². The van der Waals surface area contributed by atoms with Gasteiger partial charge in [0.25, 0.3) is 0 Å². The summed E-state index contributed by atoms with van der Waals surface area (Å²) in [5, 5.41) is 174. The van der Waals surface area contributed by atoms with Crippen LogP contribution < -0.4 is 0 Å². The third-order valence-corrected chi connectivity index (χ3v) is 13.3. The van der Waals surface area contributed by atoms with Gasteiger partial charge in [0, 0.05) is 11.1 Å². The largest absolute Gasteiger partial charge is 0.429 e. The van der Waals surface area contributed by atoms with Gasteiger partial charge in [-0.3, -0.25) is 0 Å². The number of carbonyl (C=O) groups excluding carboxylic acids is 2. The Labute approximate surface area is 452 Å². The minimum absolute atomic E-state index is 0.0299. The van der Waals surface area contributed by atoms with Gasteiger partial charge in [-0.05, 0) is 27.7 Å². The monoisotopic (exact) mass is 1140 g/mol. The molecule has 0 spiro atoms. The van der Waals surface area contributed by atoms with Gasteiger partial charge >= 0.3 is 11.9 Å². The summed E-state index contributed by atoms with van der Waals surface area (Å²) in [6.07, 6.45) is -27.6. The second-order valence-electron chi connectivity index (χ2n) is 19.3. The smallest absolute Gasteiger partial charge is 0.336 e. The molecule has 29 nitrogen and oxygen atoms in total. The van der Waals surface area contributed by atoms with E-state index in [9.17, 15) is 96.4 Å². The van der Waals surface area contributed by atoms with Crippen molar-refractivity contribution >= 4 is 11.9 Å². The van der Waals surface area contributed by atoms with Gasteiger partial charge in [0.15, 0.2) is 25.0 Å². The van der Waals surface area contributed by atoms with Crippen LogP contribution in [0.2, 0.25) is 0 Å². The summed E-state index contributed by atoms with van der Waals surface area (Å²) in [7, 11) is 0. The molecule has 0 saturated carbocycles. The molecule has 0 aliphatic carbocycles. The summed E-state index contributed by atoms with van der Waals surface area (Å²) in [5.41, 5.74) is 1.45. The highest BCUT2D eigenvalue weighted by atomic mass is 16.8. The van der Waals surface area contributed by atoms with Crippen molar-refractivity contribution in [1.29, 1.82) is 0 Å². The van der Waals surface area contributed by atoms with Gasteiger partial charge < -0.3 is 134 Å². The first kappa shape index (κ1) is 65.9. The van der Waals surface area contributed by atoms with Crippen LogP contribution in [0.1, 0.15) is 27.7 Å². The van der Waals surface area contributed by atoms with E-state index in [1.165, 1.54) is 38.2 Å². The average Bonchev–Trinajstić information content (AvgIpc) is 3.54. The first-order valence-electron chi connectivity index (χ1n) is 25.0. The van der Waals surface area contributed by atoms with Gasteiger partial charge in [0.05, 0.1) is 33.0 Å². The molecule has 17 N–H and O–H groups in total. The molecule has 0 unspecified atom stereocenters. The van der Waals surface area contributed by atoms with Crippen molar-refractivity contribution in [3.63, 3.8) is 0 Å². The Kier molecular flexibility index (Phi) is 25.4. The number of hydrogen-bond acceptors (Lipinski definition) is 29. The lowest BCUT2D eigenvalue weighted by Gasteiger charge is -2.46. The maximum absolute atomic E-state index is 13.4. The van der Waals surface area contributed by atoms with Crippen molar-refractivity contribution in [2.24, 2.45) is 0 Å². The van der Waals surface area contributed by atoms with Crippen LogP contribution >= 0.6 is 0 Å². The summed E-state index contributed by atoms with van der Waals surface area (Å²) < 4.78 is 54.6. The Morgan fingerprint density at radius 1 is 0.367 bits per heavy atom. The maximum Gasteiger partial charge on any atom is 0.336 e. The minimum Gasteiger partial charge on any atom is -0.429 e. The predicted molar refractivity (Wildman–Crippen MR) is 260 cm³/mol. The van der Waals surface area contributed by atoms with E-state index in [0.717, 1.165) is 5.57 Å². The second-order valence-corrected chi connectivity index (χ2v) is 19.3. The number of rotatable bonds is 21. The second kappa shape index (κ2) is 30.4. The van der Waals surface area contributed by atoms with Gasteiger partial charge in [-0.2, -0.15) is 0 Å². The fraction of sp³-hybridized carbons (Fsp3) is 0.680. The summed E-state index contributed by atoms with van der Waals surface area (Å²) in [5.74, 6) is -2.00. The van der Waals surface area contributed by atoms with E-state index in [4.69, 9.17) is 47.4 Å². The molecule has 0 aromatic rings. The van der Waals surface area contributed by atoms with Crippen LogP contribution in [0.4, 0.5) is 0 Å². The lowest BCUT2D eigenvalue weighted by molar-refractivity contribution is -0.367. The van der Waals surface area contributed by atoms with Gasteiger partial charge in [0.2, 0.25) is 12.6 Å². The molecular formula is C50H74O29. The first-order valence-corrected chi connectivity index (χ1v) is 25.0. The van der Waals surface area contributed by atoms with Crippen LogP contribution in [-0.4, -0.2) is 285 Å². The Hall–Kier alpha value is -3.88. The topological polar surface area (TPSA) is 470 Å². The molecule has 0 aromatic carbocycles. The zero-order valence-electron chi connectivity index (χ0n) is 43.2. The third kappa shape index (κ3) is 16.9. The number of hydrogen-bond donors (Lipinski definition) is 17. The van der Waals surface area contributed by atoms with Crippen LogP contribution in [0.25, 0.3) is 0 Å². The number of ether oxygens (including phenoxy) is 10. The molecule has 448 valence electrons. The molecule has 5 heterocycles. The quantitative estimate of drug-likeness (QED) is 0.0288. The molecule has 5 saturated heterocycles. The van der Waals surface area contributed by atoms with E-state index in [-0.39, 0.29) is 11.1 Å². The van der Waals surface area contributed by atoms with Crippen molar-refractivity contribution < 1.29 is 144 Å². The lowest BCUT2D eigenvalue weighted by atomic mass is 9.97. The van der Waals surface area contributed by atoms with E-state index in [1.54, 1.807) is 50.3 Å². The number of esters is 2. The van der Waals surface area contributed by atoms with Crippen LogP contribution in [0, 0.1) is 0 Å². The molecule has 29 heteroatoms. The van der Waals surface area contributed by atoms with Crippen LogP contribution in [0.5, 0.6) is 0 Å². The molecule has 0 bridgehead atoms. The van der Waals surface area contributed by atoms with Crippen molar-refractivity contribution in [1.82, 2.24) is 0 Å². The Morgan fingerprint density at radius 3 is 1.09 bits per heavy atom. The standard InChI is InChI=1S/C50H74O29/c1-20(11-7-13-22(3)44(68)78-49-42(67)37(62)32(57)27(75-49)18-70-46-39(64)34(59)29(54)24(15-51)72-46)9-5-6-10-21(2)12-8-14-23(4)45(69)79-50-43(77-48-41(66)36(61)31(56)26(17-53)74-48)38(63)33(58)28(76-50)19-71-47-40(65)35(60)30(55)25(16-52)73-47/h5-14,24-43,46-67H,15-19H2,1-4H3/b6-5+,11-7+,12-8+,20-9+,21-10-,22-13+,23-14+/t24-,25-,26-,27-,28-,29-,30-,31-,32-,33-,34+,35+,36+,37+,38+,39-,40-,41-,42-,43-,46-,47-,48+,49+,50+/m1/s1. The number of allylic oxidation sites excluding steroid dienone is 12. The summed E-state index contributed by atoms with van der Waals surface area (Å²) in [6, 6.07) is 0. The summed E-state index contributed by atoms with van der Waals surface area (Å²) in [6.45, 7) is 2.61. The van der Waals surface area contributed by atoms with Crippen molar-refractivity contribution in [2.45, 2.75) is 181 Å². The summed E-state index contributed by atoms with van der Waals surface area (Å²) >= 11 is 0. The highest BCUT2D eigenvalue weighted by Gasteiger charge is 2.53. The zero-order valence-corrected chi connectivity index (χ0v) is 43.2. The van der Waals surface area contributed by atoms with Crippen molar-refractivity contribution in [2.75, 3.05) is 33.0 Å². The van der Waals surface area contributed by atoms with E-state index >= 15 is 0 Å². The van der Waals surface area contributed by atoms with E-state index < -0.39 is 199 Å². The first-order chi connectivity index (χ1) is 37.3. The maximum atomic E-state index is 13.4. The highest BCUT2D eigenvalue weighted by molar-refractivity contribution is 5.88. The van der Waals surface area contributed by atoms with Gasteiger partial charge in [0.1, 0.15) is 116 Å². The molecule has 5 rings (SSSR count). The van der Waals surface area contributed by atoms with Gasteiger partial charge in [-0.1, -0.05) is 71.9 Å². The molecular weight excluding hydrogens is 1060 g/mol. The SMILES string of the molecule is CC(=C/C=C/C=C(C)/C=C/C=C(\C)C(=O)O[C@@H]1O[C@H](CO[C@@H]2O[C@H](CO)[C@@H](O)[C@H](O)[C@H]2O)[C@@H](O)[C@H](O)[C@H]1O)/C=C/C=C(\C)C(=O)O[C@@H]1O[C@H](CO[C@@H]2O[C@H](CO)[C@@H](O)[C@H](O)[C@H]2O)[C@@H](O)[C@H](O)[C@H]1O[C@@H]1O[C@H](CO)[C@@H](O)[C@H](O)[C@H]1O. The minimum atomic E-state index is -2.03. The molecule has 25 atom stereocenters. The van der Waals surface area contributed by atoms with Gasteiger partial charge in [-0.15, -0.1) is 0 Å². The zero-order chi connectivity index (χ0) is 58.6. The van der Waals surface area contributed by atoms with Crippen LogP contribution in [0.3, 0.4) is 0 Å². The van der Waals surface area contributed by atoms with Gasteiger partial charge in [-0.25, -0.2) is 9.59 Å². The molecule has 0 amide bonds. The molecule has 0 aromatic heterocycles. The predicted octanol–water partition coefficient (Wildman–Crippen LogP) is -7.40. The van der Waals surface area contributed by atoms with E-state index in [1.807, 2.05) is 0 Å². The molecule has 5 aliphatic heterocycles. The van der Waals surface area contributed by atoms with Crippen molar-refractivity contribution in [3.8, 4) is 0 Å². The number of carbonyl (C=O) groups is 2. The number of aliphatic hydroxyl groups is 17. The van der Waals surface area contributed by atoms with E-state index in [0.29, 0.717) is 5.57 Å². The lowest BCUT2D eigenvalue weighted by Crippen LogP contribution is -2.65. The highest BCUT2D eigenvalue weighted by Crippen LogP contribution is 2.32. The van der Waals surface area contributed by atoms with E-state index in [2.05, 4.69) is 0 Å². The Balaban J connectivity index is 1.15. The average molecular weight is 1140 g/mol. The molecule has 79 heavy (non-hydrogen) atoms. The molecule has 5 aliphatic rings. The fourth-order valence-electron chi connectivity index (χ4n) is 8.31. The molecule has 0 radical (unpaired) electrons. The van der Waals surface area contributed by atoms with Crippen molar-refractivity contribution in [3.05, 3.63) is 83.1 Å². The Bertz CT molecular complexity index is 2170. The Morgan fingerprint density at radius 2 is 0.684 bits per heavy atom. The normalized spacial score (nSPS) is 42.3. The summed E-state index contributed by atoms with van der Waals surface area (Å²) in [4.78, 5) is 26.3. The van der Waals surface area contributed by atoms with Crippen LogP contribution in [-0.2, 0) is 57.0 Å².